The van der Waals surface area contributed by atoms with Gasteiger partial charge in [0.1, 0.15) is 5.56 Å². The largest absolute Gasteiger partial charge is 0.493 e. The molecule has 0 saturated heterocycles. The second-order valence-corrected chi connectivity index (χ2v) is 13.1. The predicted octanol–water partition coefficient (Wildman–Crippen LogP) is 6.18. The molecule has 3 aromatic rings. The smallest absolute Gasteiger partial charge is 0.345 e. The molecule has 0 unspecified atom stereocenters. The van der Waals surface area contributed by atoms with Gasteiger partial charge in [0.25, 0.3) is 5.56 Å². The molecule has 1 heterocycles. The van der Waals surface area contributed by atoms with Gasteiger partial charge in [-0.2, -0.15) is 0 Å². The van der Waals surface area contributed by atoms with E-state index in [1.165, 1.54) is 44.1 Å². The second-order valence-electron chi connectivity index (χ2n) is 11.3. The molecular formula is C29H28Br2N4O4. The zero-order valence-electron chi connectivity index (χ0n) is 21.3. The van der Waals surface area contributed by atoms with E-state index in [-0.39, 0.29) is 11.0 Å². The fourth-order valence-electron chi connectivity index (χ4n) is 7.34. The van der Waals surface area contributed by atoms with Crippen LogP contribution >= 0.6 is 31.9 Å². The average molecular weight is 656 g/mol. The molecular weight excluding hydrogens is 628 g/mol. The number of nitrogens with zero attached hydrogens (tertiary/aromatic N) is 2. The average Bonchev–Trinajstić information content (AvgIpc) is 2.86. The van der Waals surface area contributed by atoms with E-state index in [0.29, 0.717) is 11.4 Å². The fourth-order valence-corrected chi connectivity index (χ4v) is 8.07. The Morgan fingerprint density at radius 3 is 2.33 bits per heavy atom. The quantitative estimate of drug-likeness (QED) is 0.291. The monoisotopic (exact) mass is 654 g/mol. The van der Waals surface area contributed by atoms with Gasteiger partial charge in [0.05, 0.1) is 17.6 Å². The minimum Gasteiger partial charge on any atom is -0.493 e. The number of benzene rings is 2. The van der Waals surface area contributed by atoms with Gasteiger partial charge in [0, 0.05) is 8.95 Å². The van der Waals surface area contributed by atoms with Crippen LogP contribution in [0, 0.1) is 24.7 Å². The van der Waals surface area contributed by atoms with E-state index in [1.807, 2.05) is 13.0 Å². The van der Waals surface area contributed by atoms with E-state index in [2.05, 4.69) is 59.3 Å². The first-order valence-electron chi connectivity index (χ1n) is 13.1. The van der Waals surface area contributed by atoms with Crippen LogP contribution in [0.5, 0.6) is 5.88 Å². The minimum absolute atomic E-state index is 0.243. The van der Waals surface area contributed by atoms with Gasteiger partial charge in [0.15, 0.2) is 0 Å². The normalized spacial score (nSPS) is 25.4. The van der Waals surface area contributed by atoms with Crippen molar-refractivity contribution in [2.24, 2.45) is 22.7 Å². The van der Waals surface area contributed by atoms with Crippen molar-refractivity contribution in [2.45, 2.75) is 50.9 Å². The number of nitrogens with one attached hydrogen (secondary N) is 2. The Morgan fingerprint density at radius 2 is 1.72 bits per heavy atom. The Bertz CT molecular complexity index is 1610. The number of halogens is 2. The summed E-state index contributed by atoms with van der Waals surface area (Å²) in [4.78, 5) is 43.6. The van der Waals surface area contributed by atoms with Crippen LogP contribution in [0.25, 0.3) is 5.69 Å². The van der Waals surface area contributed by atoms with Crippen LogP contribution in [0.3, 0.4) is 0 Å². The summed E-state index contributed by atoms with van der Waals surface area (Å²) in [6.07, 6.45) is 8.86. The third kappa shape index (κ3) is 4.82. The van der Waals surface area contributed by atoms with Crippen molar-refractivity contribution >= 4 is 49.8 Å². The number of hydrogen-bond donors (Lipinski definition) is 3. The number of amides is 2. The van der Waals surface area contributed by atoms with Gasteiger partial charge in [0.2, 0.25) is 5.88 Å². The first-order valence-corrected chi connectivity index (χ1v) is 14.7. The number of aromatic amines is 1. The molecule has 0 aliphatic heterocycles. The maximum Gasteiger partial charge on any atom is 0.345 e. The standard InChI is InChI=1S/C29H28Br2N4O4/c1-15-6-20(3-4-22(15)30)35-26(37)21(25(36)34-28(35)39)14-32-27(38)33-24-5-2-19(10-23(24)31)29-11-16-7-17(12-29)9-18(8-16)13-29/h2-6,10,14,16-18,37H,7-9,11-13H2,1H3,(H,33,38)(H,34,36,39). The van der Waals surface area contributed by atoms with Gasteiger partial charge < -0.3 is 10.4 Å². The van der Waals surface area contributed by atoms with Crippen LogP contribution in [0.2, 0.25) is 0 Å². The summed E-state index contributed by atoms with van der Waals surface area (Å²) >= 11 is 7.03. The number of aromatic hydroxyl groups is 1. The van der Waals surface area contributed by atoms with Gasteiger partial charge in [-0.25, -0.2) is 19.1 Å². The van der Waals surface area contributed by atoms with Crippen LogP contribution in [0.4, 0.5) is 10.5 Å². The van der Waals surface area contributed by atoms with Crippen LogP contribution in [0.15, 0.2) is 59.9 Å². The molecule has 4 aliphatic carbocycles. The van der Waals surface area contributed by atoms with E-state index in [0.717, 1.165) is 43.0 Å². The molecule has 2 aromatic carbocycles. The van der Waals surface area contributed by atoms with E-state index in [9.17, 15) is 19.5 Å². The molecule has 202 valence electrons. The summed E-state index contributed by atoms with van der Waals surface area (Å²) < 4.78 is 2.57. The predicted molar refractivity (Wildman–Crippen MR) is 157 cm³/mol. The molecule has 39 heavy (non-hydrogen) atoms. The minimum atomic E-state index is -0.847. The molecule has 3 N–H and O–H groups in total. The lowest BCUT2D eigenvalue weighted by Gasteiger charge is -2.57. The summed E-state index contributed by atoms with van der Waals surface area (Å²) in [5, 5.41) is 13.5. The van der Waals surface area contributed by atoms with E-state index >= 15 is 0 Å². The molecule has 4 bridgehead atoms. The van der Waals surface area contributed by atoms with E-state index in [4.69, 9.17) is 0 Å². The molecule has 4 fully saturated rings. The topological polar surface area (TPSA) is 117 Å². The number of anilines is 1. The van der Waals surface area contributed by atoms with Crippen molar-refractivity contribution in [3.63, 3.8) is 0 Å². The highest BCUT2D eigenvalue weighted by molar-refractivity contribution is 9.10. The highest BCUT2D eigenvalue weighted by atomic mass is 79.9. The number of hydrogen-bond acceptors (Lipinski definition) is 4. The summed E-state index contributed by atoms with van der Waals surface area (Å²) in [7, 11) is 0. The molecule has 4 saturated carbocycles. The Hall–Kier alpha value is -2.98. The summed E-state index contributed by atoms with van der Waals surface area (Å²) in [6.45, 7) is 1.84. The molecule has 0 radical (unpaired) electrons. The third-order valence-electron chi connectivity index (χ3n) is 8.69. The number of carbonyl (C=O) groups excluding carboxylic acids is 1. The Kier molecular flexibility index (Phi) is 6.66. The maximum absolute atomic E-state index is 12.7. The molecule has 0 spiro atoms. The highest BCUT2D eigenvalue weighted by Crippen LogP contribution is 2.61. The molecule has 4 aliphatic rings. The van der Waals surface area contributed by atoms with Crippen molar-refractivity contribution in [3.8, 4) is 11.6 Å². The summed E-state index contributed by atoms with van der Waals surface area (Å²) in [6, 6.07) is 10.5. The summed E-state index contributed by atoms with van der Waals surface area (Å²) in [5.74, 6) is 1.91. The molecule has 2 amide bonds. The van der Waals surface area contributed by atoms with E-state index < -0.39 is 23.2 Å². The Balaban J connectivity index is 1.22. The van der Waals surface area contributed by atoms with Gasteiger partial charge in [-0.1, -0.05) is 22.0 Å². The lowest BCUT2D eigenvalue weighted by molar-refractivity contribution is -0.00520. The lowest BCUT2D eigenvalue weighted by atomic mass is 9.48. The SMILES string of the molecule is Cc1cc(-n2c(O)c(C=NC(=O)Nc3ccc(C45CC6CC(CC(C6)C4)C5)cc3Br)c(=O)[nH]c2=O)ccc1Br. The van der Waals surface area contributed by atoms with Crippen LogP contribution < -0.4 is 16.6 Å². The van der Waals surface area contributed by atoms with Crippen molar-refractivity contribution < 1.29 is 9.90 Å². The first-order chi connectivity index (χ1) is 18.6. The number of aromatic nitrogens is 2. The molecule has 0 atom stereocenters. The van der Waals surface area contributed by atoms with Crippen LogP contribution in [-0.4, -0.2) is 26.9 Å². The number of rotatable bonds is 4. The molecule has 8 nitrogen and oxygen atoms in total. The molecule has 7 rings (SSSR count). The second kappa shape index (κ2) is 9.89. The fraction of sp³-hybridized carbons (Fsp3) is 0.379. The van der Waals surface area contributed by atoms with Crippen LogP contribution in [0.1, 0.15) is 55.2 Å². The van der Waals surface area contributed by atoms with Gasteiger partial charge >= 0.3 is 11.7 Å². The first kappa shape index (κ1) is 26.3. The van der Waals surface area contributed by atoms with Crippen molar-refractivity contribution in [1.82, 2.24) is 9.55 Å². The van der Waals surface area contributed by atoms with E-state index in [1.54, 1.807) is 18.2 Å². The maximum atomic E-state index is 12.7. The molecule has 1 aromatic heterocycles. The Labute approximate surface area is 241 Å². The van der Waals surface area contributed by atoms with Gasteiger partial charge in [-0.15, -0.1) is 0 Å². The van der Waals surface area contributed by atoms with Crippen molar-refractivity contribution in [3.05, 3.63) is 82.9 Å². The van der Waals surface area contributed by atoms with Gasteiger partial charge in [-0.05, 0) is 126 Å². The number of aliphatic imine (C=N–C) groups is 1. The third-order valence-corrected chi connectivity index (χ3v) is 10.2. The number of carbonyl (C=O) groups is 1. The highest BCUT2D eigenvalue weighted by Gasteiger charge is 2.51. The zero-order valence-corrected chi connectivity index (χ0v) is 24.5. The number of aryl methyl sites for hydroxylation is 1. The van der Waals surface area contributed by atoms with Gasteiger partial charge in [-0.3, -0.25) is 9.78 Å². The molecule has 10 heteroatoms. The number of urea groups is 1. The van der Waals surface area contributed by atoms with Crippen molar-refractivity contribution in [2.75, 3.05) is 5.32 Å². The zero-order chi connectivity index (χ0) is 27.5. The lowest BCUT2D eigenvalue weighted by Crippen LogP contribution is -2.48. The number of H-pyrrole nitrogens is 1. The van der Waals surface area contributed by atoms with Crippen LogP contribution in [-0.2, 0) is 5.41 Å². The van der Waals surface area contributed by atoms with Crippen molar-refractivity contribution in [1.29, 1.82) is 0 Å². The Morgan fingerprint density at radius 1 is 1.05 bits per heavy atom. The summed E-state index contributed by atoms with van der Waals surface area (Å²) in [5.41, 5.74) is 1.38.